The molecule has 2 rings (SSSR count). The molecule has 1 aliphatic carbocycles. The molecule has 2 nitrogen and oxygen atoms in total. The number of rotatable bonds is 0. The summed E-state index contributed by atoms with van der Waals surface area (Å²) in [6, 6.07) is 0. The topological polar surface area (TPSA) is 32.8 Å². The van der Waals surface area contributed by atoms with Crippen LogP contribution in [0.1, 0.15) is 19.8 Å². The molecule has 0 aromatic carbocycles. The van der Waals surface area contributed by atoms with Crippen LogP contribution in [0.5, 0.6) is 0 Å². The Bertz CT molecular complexity index is 218. The molecule has 1 saturated carbocycles. The second-order valence-corrected chi connectivity index (χ2v) is 3.38. The highest BCUT2D eigenvalue weighted by molar-refractivity contribution is 5.27. The highest BCUT2D eigenvalue weighted by atomic mass is 16.6. The van der Waals surface area contributed by atoms with Gasteiger partial charge in [0.2, 0.25) is 0 Å². The maximum atomic E-state index is 9.61. The van der Waals surface area contributed by atoms with Crippen LogP contribution in [0.3, 0.4) is 0 Å². The quantitative estimate of drug-likeness (QED) is 0.386. The van der Waals surface area contributed by atoms with Crippen molar-refractivity contribution in [3.8, 4) is 12.3 Å². The average Bonchev–Trinajstić information content (AvgIpc) is 2.54. The van der Waals surface area contributed by atoms with Crippen molar-refractivity contribution in [2.75, 3.05) is 0 Å². The Morgan fingerprint density at radius 3 is 2.60 bits per heavy atom. The fourth-order valence-electron chi connectivity index (χ4n) is 1.75. The molecule has 2 heteroatoms. The predicted molar refractivity (Wildman–Crippen MR) is 36.3 cm³/mol. The number of terminal acetylenes is 1. The van der Waals surface area contributed by atoms with Crippen molar-refractivity contribution in [3.63, 3.8) is 0 Å². The summed E-state index contributed by atoms with van der Waals surface area (Å²) in [7, 11) is 0. The Balaban J connectivity index is 2.26. The number of ether oxygens (including phenoxy) is 1. The highest BCUT2D eigenvalue weighted by Gasteiger charge is 2.67. The van der Waals surface area contributed by atoms with E-state index < -0.39 is 5.60 Å². The first kappa shape index (κ1) is 6.21. The molecular weight excluding hydrogens is 128 g/mol. The third-order valence-electron chi connectivity index (χ3n) is 2.57. The molecule has 0 spiro atoms. The van der Waals surface area contributed by atoms with E-state index in [9.17, 15) is 5.11 Å². The second kappa shape index (κ2) is 1.39. The molecular formula is C8H10O2. The van der Waals surface area contributed by atoms with E-state index >= 15 is 0 Å². The van der Waals surface area contributed by atoms with Crippen LogP contribution in [0.4, 0.5) is 0 Å². The number of epoxide rings is 1. The molecule has 1 N–H and O–H groups in total. The molecule has 0 bridgehead atoms. The Morgan fingerprint density at radius 2 is 2.40 bits per heavy atom. The molecule has 1 heterocycles. The maximum Gasteiger partial charge on any atom is 0.154 e. The first-order valence-electron chi connectivity index (χ1n) is 3.49. The average molecular weight is 138 g/mol. The Labute approximate surface area is 60.2 Å². The number of fused-ring (bicyclic) bond motifs is 1. The minimum Gasteiger partial charge on any atom is -0.375 e. The van der Waals surface area contributed by atoms with Crippen LogP contribution >= 0.6 is 0 Å². The van der Waals surface area contributed by atoms with Crippen LogP contribution in [0.15, 0.2) is 0 Å². The minimum absolute atomic E-state index is 0.0926. The molecule has 0 unspecified atom stereocenters. The molecule has 2 aliphatic rings. The van der Waals surface area contributed by atoms with Gasteiger partial charge in [-0.3, -0.25) is 0 Å². The predicted octanol–water partition coefficient (Wildman–Crippen LogP) is 0.302. The van der Waals surface area contributed by atoms with Gasteiger partial charge in [-0.15, -0.1) is 6.42 Å². The van der Waals surface area contributed by atoms with Gasteiger partial charge in [-0.25, -0.2) is 0 Å². The third-order valence-corrected chi connectivity index (χ3v) is 2.57. The summed E-state index contributed by atoms with van der Waals surface area (Å²) >= 11 is 0. The summed E-state index contributed by atoms with van der Waals surface area (Å²) in [5.74, 6) is 2.39. The summed E-state index contributed by atoms with van der Waals surface area (Å²) in [6.07, 6.45) is 6.64. The lowest BCUT2D eigenvalue weighted by Crippen LogP contribution is -2.30. The lowest BCUT2D eigenvalue weighted by atomic mass is 10.0. The zero-order valence-electron chi connectivity index (χ0n) is 5.92. The van der Waals surface area contributed by atoms with Gasteiger partial charge in [0, 0.05) is 0 Å². The van der Waals surface area contributed by atoms with Gasteiger partial charge in [0.15, 0.2) is 5.60 Å². The SMILES string of the molecule is C#C[C@@]1(O)CC[C@@]2(C)O[C@@H]12. The fourth-order valence-corrected chi connectivity index (χ4v) is 1.75. The second-order valence-electron chi connectivity index (χ2n) is 3.38. The van der Waals surface area contributed by atoms with Gasteiger partial charge in [-0.05, 0) is 19.8 Å². The van der Waals surface area contributed by atoms with Crippen LogP contribution in [0.25, 0.3) is 0 Å². The van der Waals surface area contributed by atoms with Crippen molar-refractivity contribution >= 4 is 0 Å². The molecule has 3 atom stereocenters. The summed E-state index contributed by atoms with van der Waals surface area (Å²) in [6.45, 7) is 1.99. The zero-order chi connectivity index (χ0) is 7.41. The number of hydrogen-bond acceptors (Lipinski definition) is 2. The van der Waals surface area contributed by atoms with E-state index in [2.05, 4.69) is 5.92 Å². The fraction of sp³-hybridized carbons (Fsp3) is 0.750. The monoisotopic (exact) mass is 138 g/mol. The highest BCUT2D eigenvalue weighted by Crippen LogP contribution is 2.54. The lowest BCUT2D eigenvalue weighted by molar-refractivity contribution is 0.0533. The van der Waals surface area contributed by atoms with Crippen molar-refractivity contribution in [3.05, 3.63) is 0 Å². The van der Waals surface area contributed by atoms with Crippen molar-refractivity contribution < 1.29 is 9.84 Å². The smallest absolute Gasteiger partial charge is 0.154 e. The lowest BCUT2D eigenvalue weighted by Gasteiger charge is -2.13. The van der Waals surface area contributed by atoms with Crippen LogP contribution in [-0.2, 0) is 4.74 Å². The summed E-state index contributed by atoms with van der Waals surface area (Å²) in [5.41, 5.74) is -1.06. The Morgan fingerprint density at radius 1 is 1.70 bits per heavy atom. The molecule has 54 valence electrons. The Kier molecular flexibility index (Phi) is 0.862. The van der Waals surface area contributed by atoms with E-state index in [0.717, 1.165) is 6.42 Å². The largest absolute Gasteiger partial charge is 0.375 e. The number of aliphatic hydroxyl groups is 1. The van der Waals surface area contributed by atoms with Crippen molar-refractivity contribution in [1.82, 2.24) is 0 Å². The molecule has 0 amide bonds. The van der Waals surface area contributed by atoms with Gasteiger partial charge < -0.3 is 9.84 Å². The van der Waals surface area contributed by atoms with Gasteiger partial charge in [0.25, 0.3) is 0 Å². The molecule has 1 saturated heterocycles. The summed E-state index contributed by atoms with van der Waals surface area (Å²) < 4.78 is 5.25. The van der Waals surface area contributed by atoms with Crippen molar-refractivity contribution in [2.45, 2.75) is 37.1 Å². The molecule has 0 radical (unpaired) electrons. The molecule has 2 fully saturated rings. The van der Waals surface area contributed by atoms with E-state index in [1.165, 1.54) is 0 Å². The van der Waals surface area contributed by atoms with Crippen LogP contribution in [0, 0.1) is 12.3 Å². The normalized spacial score (nSPS) is 57.5. The van der Waals surface area contributed by atoms with Gasteiger partial charge in [0.05, 0.1) is 5.60 Å². The van der Waals surface area contributed by atoms with E-state index in [-0.39, 0.29) is 11.7 Å². The van der Waals surface area contributed by atoms with E-state index in [1.54, 1.807) is 0 Å². The molecule has 0 aromatic heterocycles. The van der Waals surface area contributed by atoms with Gasteiger partial charge in [0.1, 0.15) is 6.10 Å². The third kappa shape index (κ3) is 0.524. The van der Waals surface area contributed by atoms with E-state index in [0.29, 0.717) is 6.42 Å². The van der Waals surface area contributed by atoms with E-state index in [4.69, 9.17) is 11.2 Å². The van der Waals surface area contributed by atoms with Crippen LogP contribution < -0.4 is 0 Å². The first-order chi connectivity index (χ1) is 4.61. The van der Waals surface area contributed by atoms with Crippen molar-refractivity contribution in [2.24, 2.45) is 0 Å². The van der Waals surface area contributed by atoms with Crippen LogP contribution in [0.2, 0.25) is 0 Å². The molecule has 0 aromatic rings. The molecule has 10 heavy (non-hydrogen) atoms. The number of hydrogen-bond donors (Lipinski definition) is 1. The van der Waals surface area contributed by atoms with Crippen LogP contribution in [-0.4, -0.2) is 22.4 Å². The van der Waals surface area contributed by atoms with Gasteiger partial charge in [-0.1, -0.05) is 5.92 Å². The minimum atomic E-state index is -0.964. The maximum absolute atomic E-state index is 9.61. The van der Waals surface area contributed by atoms with Gasteiger partial charge in [-0.2, -0.15) is 0 Å². The van der Waals surface area contributed by atoms with Gasteiger partial charge >= 0.3 is 0 Å². The zero-order valence-corrected chi connectivity index (χ0v) is 5.92. The van der Waals surface area contributed by atoms with Crippen molar-refractivity contribution in [1.29, 1.82) is 0 Å². The van der Waals surface area contributed by atoms with E-state index in [1.807, 2.05) is 6.92 Å². The Hall–Kier alpha value is -0.520. The first-order valence-corrected chi connectivity index (χ1v) is 3.49. The summed E-state index contributed by atoms with van der Waals surface area (Å²) in [5, 5.41) is 9.61. The molecule has 1 aliphatic heterocycles. The summed E-state index contributed by atoms with van der Waals surface area (Å²) in [4.78, 5) is 0. The standard InChI is InChI=1S/C8H10O2/c1-3-8(9)5-4-7(2)6(8)10-7/h1,6,9H,4-5H2,2H3/t6-,7-,8-/m1/s1.